The summed E-state index contributed by atoms with van der Waals surface area (Å²) in [4.78, 5) is 4.13. The van der Waals surface area contributed by atoms with Gasteiger partial charge >= 0.3 is 0 Å². The number of likely N-dealkylation sites (N-methyl/N-ethyl adjacent to an activating group) is 1. The van der Waals surface area contributed by atoms with Crippen molar-refractivity contribution in [2.75, 3.05) is 7.05 Å². The van der Waals surface area contributed by atoms with Crippen LogP contribution < -0.4 is 5.32 Å². The molecule has 1 aliphatic carbocycles. The van der Waals surface area contributed by atoms with E-state index in [1.54, 1.807) is 0 Å². The van der Waals surface area contributed by atoms with Gasteiger partial charge in [0.05, 0.1) is 0 Å². The molecule has 1 heterocycles. The molecule has 0 saturated heterocycles. The van der Waals surface area contributed by atoms with Gasteiger partial charge in [-0.25, -0.2) is 0 Å². The lowest BCUT2D eigenvalue weighted by atomic mass is 9.79. The van der Waals surface area contributed by atoms with Crippen LogP contribution in [0.25, 0.3) is 0 Å². The fourth-order valence-electron chi connectivity index (χ4n) is 3.55. The molecule has 20 heavy (non-hydrogen) atoms. The highest BCUT2D eigenvalue weighted by atomic mass is 14.9. The van der Waals surface area contributed by atoms with Crippen molar-refractivity contribution in [3.05, 3.63) is 66.0 Å². The van der Waals surface area contributed by atoms with Crippen LogP contribution in [0, 0.1) is 0 Å². The van der Waals surface area contributed by atoms with Gasteiger partial charge in [0, 0.05) is 23.9 Å². The van der Waals surface area contributed by atoms with E-state index >= 15 is 0 Å². The monoisotopic (exact) mass is 266 g/mol. The maximum Gasteiger partial charge on any atom is 0.0270 e. The molecule has 2 nitrogen and oxygen atoms in total. The number of aromatic nitrogens is 1. The van der Waals surface area contributed by atoms with E-state index in [0.717, 1.165) is 0 Å². The van der Waals surface area contributed by atoms with Crippen molar-refractivity contribution in [3.8, 4) is 0 Å². The molecule has 0 bridgehead atoms. The average molecular weight is 266 g/mol. The van der Waals surface area contributed by atoms with Crippen LogP contribution in [0.15, 0.2) is 54.9 Å². The number of hydrogen-bond donors (Lipinski definition) is 1. The topological polar surface area (TPSA) is 24.9 Å². The Kier molecular flexibility index (Phi) is 3.58. The van der Waals surface area contributed by atoms with Gasteiger partial charge in [-0.1, -0.05) is 37.3 Å². The van der Waals surface area contributed by atoms with Crippen LogP contribution in [0.3, 0.4) is 0 Å². The molecule has 104 valence electrons. The van der Waals surface area contributed by atoms with Gasteiger partial charge in [-0.3, -0.25) is 4.98 Å². The summed E-state index contributed by atoms with van der Waals surface area (Å²) in [6, 6.07) is 15.7. The van der Waals surface area contributed by atoms with E-state index in [1.165, 1.54) is 24.0 Å². The van der Waals surface area contributed by atoms with Crippen LogP contribution in [0.5, 0.6) is 0 Å². The van der Waals surface area contributed by atoms with E-state index in [0.29, 0.717) is 17.4 Å². The smallest absolute Gasteiger partial charge is 0.0270 e. The lowest BCUT2D eigenvalue weighted by molar-refractivity contribution is 0.390. The molecule has 0 radical (unpaired) electrons. The van der Waals surface area contributed by atoms with Gasteiger partial charge in [-0.15, -0.1) is 0 Å². The van der Waals surface area contributed by atoms with Crippen molar-refractivity contribution in [2.45, 2.75) is 37.1 Å². The molecule has 2 aromatic rings. The first kappa shape index (κ1) is 13.3. The minimum absolute atomic E-state index is 0.304. The minimum Gasteiger partial charge on any atom is -0.316 e. The van der Waals surface area contributed by atoms with E-state index in [-0.39, 0.29) is 0 Å². The molecular weight excluding hydrogens is 244 g/mol. The second-order valence-electron chi connectivity index (χ2n) is 5.86. The van der Waals surface area contributed by atoms with Crippen molar-refractivity contribution < 1.29 is 0 Å². The van der Waals surface area contributed by atoms with Gasteiger partial charge in [0.2, 0.25) is 0 Å². The first-order valence-electron chi connectivity index (χ1n) is 7.40. The predicted molar refractivity (Wildman–Crippen MR) is 82.9 cm³/mol. The van der Waals surface area contributed by atoms with Gasteiger partial charge in [0.15, 0.2) is 0 Å². The SMILES string of the molecule is CNC(C(C)c1ccncc1)C1(c2ccccc2)CC1. The second-order valence-corrected chi connectivity index (χ2v) is 5.86. The Morgan fingerprint density at radius 1 is 1.05 bits per heavy atom. The quantitative estimate of drug-likeness (QED) is 0.896. The van der Waals surface area contributed by atoms with Gasteiger partial charge in [0.25, 0.3) is 0 Å². The summed E-state index contributed by atoms with van der Waals surface area (Å²) in [5.74, 6) is 0.478. The second kappa shape index (κ2) is 5.37. The van der Waals surface area contributed by atoms with Crippen molar-refractivity contribution in [1.82, 2.24) is 10.3 Å². The largest absolute Gasteiger partial charge is 0.316 e. The summed E-state index contributed by atoms with van der Waals surface area (Å²) in [6.45, 7) is 2.32. The number of hydrogen-bond acceptors (Lipinski definition) is 2. The zero-order chi connectivity index (χ0) is 14.0. The van der Waals surface area contributed by atoms with Crippen molar-refractivity contribution >= 4 is 0 Å². The third kappa shape index (κ3) is 2.25. The van der Waals surface area contributed by atoms with Crippen molar-refractivity contribution in [1.29, 1.82) is 0 Å². The molecule has 0 aliphatic heterocycles. The third-order valence-electron chi connectivity index (χ3n) is 4.78. The first-order chi connectivity index (χ1) is 9.78. The highest BCUT2D eigenvalue weighted by Crippen LogP contribution is 2.53. The number of rotatable bonds is 5. The molecule has 1 aromatic carbocycles. The van der Waals surface area contributed by atoms with Crippen LogP contribution >= 0.6 is 0 Å². The molecule has 1 fully saturated rings. The highest BCUT2D eigenvalue weighted by Gasteiger charge is 2.51. The Hall–Kier alpha value is -1.67. The fraction of sp³-hybridized carbons (Fsp3) is 0.389. The molecule has 1 N–H and O–H groups in total. The van der Waals surface area contributed by atoms with Gasteiger partial charge in [-0.05, 0) is 49.1 Å². The molecule has 2 atom stereocenters. The molecule has 1 saturated carbocycles. The summed E-state index contributed by atoms with van der Waals surface area (Å²) in [5.41, 5.74) is 3.14. The Bertz CT molecular complexity index is 546. The third-order valence-corrected chi connectivity index (χ3v) is 4.78. The summed E-state index contributed by atoms with van der Waals surface area (Å²) in [5, 5.41) is 3.58. The number of pyridine rings is 1. The summed E-state index contributed by atoms with van der Waals surface area (Å²) in [6.07, 6.45) is 6.33. The first-order valence-corrected chi connectivity index (χ1v) is 7.40. The lowest BCUT2D eigenvalue weighted by Crippen LogP contribution is -2.41. The summed E-state index contributed by atoms with van der Waals surface area (Å²) >= 11 is 0. The zero-order valence-electron chi connectivity index (χ0n) is 12.2. The van der Waals surface area contributed by atoms with Gasteiger partial charge in [-0.2, -0.15) is 0 Å². The number of nitrogens with one attached hydrogen (secondary N) is 1. The molecule has 1 aromatic heterocycles. The van der Waals surface area contributed by atoms with Crippen LogP contribution in [0.4, 0.5) is 0 Å². The molecule has 3 rings (SSSR count). The van der Waals surface area contributed by atoms with Crippen molar-refractivity contribution in [2.24, 2.45) is 0 Å². The number of benzene rings is 1. The number of nitrogens with zero attached hydrogens (tertiary/aromatic N) is 1. The maximum atomic E-state index is 4.13. The Balaban J connectivity index is 1.91. The van der Waals surface area contributed by atoms with E-state index in [2.05, 4.69) is 66.7 Å². The van der Waals surface area contributed by atoms with Gasteiger partial charge < -0.3 is 5.32 Å². The molecule has 1 aliphatic rings. The molecular formula is C18H22N2. The van der Waals surface area contributed by atoms with E-state index in [9.17, 15) is 0 Å². The normalized spacial score (nSPS) is 19.3. The Morgan fingerprint density at radius 3 is 2.25 bits per heavy atom. The van der Waals surface area contributed by atoms with E-state index in [4.69, 9.17) is 0 Å². The van der Waals surface area contributed by atoms with Crippen LogP contribution in [0.2, 0.25) is 0 Å². The highest BCUT2D eigenvalue weighted by molar-refractivity contribution is 5.36. The Morgan fingerprint density at radius 2 is 1.70 bits per heavy atom. The molecule has 0 amide bonds. The average Bonchev–Trinajstić information content (AvgIpc) is 3.31. The minimum atomic E-state index is 0.304. The van der Waals surface area contributed by atoms with E-state index < -0.39 is 0 Å². The Labute approximate surface area is 121 Å². The van der Waals surface area contributed by atoms with E-state index in [1.807, 2.05) is 12.4 Å². The molecule has 0 spiro atoms. The molecule has 2 unspecified atom stereocenters. The maximum absolute atomic E-state index is 4.13. The predicted octanol–water partition coefficient (Wildman–Crippen LogP) is 3.50. The molecule has 2 heteroatoms. The van der Waals surface area contributed by atoms with Crippen LogP contribution in [-0.2, 0) is 5.41 Å². The fourth-order valence-corrected chi connectivity index (χ4v) is 3.55. The van der Waals surface area contributed by atoms with Gasteiger partial charge in [0.1, 0.15) is 0 Å². The summed E-state index contributed by atoms with van der Waals surface area (Å²) in [7, 11) is 2.09. The zero-order valence-corrected chi connectivity index (χ0v) is 12.2. The summed E-state index contributed by atoms with van der Waals surface area (Å²) < 4.78 is 0. The van der Waals surface area contributed by atoms with Crippen molar-refractivity contribution in [3.63, 3.8) is 0 Å². The van der Waals surface area contributed by atoms with Crippen LogP contribution in [0.1, 0.15) is 36.8 Å². The lowest BCUT2D eigenvalue weighted by Gasteiger charge is -2.32. The standard InChI is InChI=1S/C18H22N2/c1-14(15-8-12-20-13-9-15)17(19-2)18(10-11-18)16-6-4-3-5-7-16/h3-9,12-14,17,19H,10-11H2,1-2H3. The van der Waals surface area contributed by atoms with Crippen LogP contribution in [-0.4, -0.2) is 18.1 Å².